The van der Waals surface area contributed by atoms with Crippen LogP contribution < -0.4 is 11.1 Å². The van der Waals surface area contributed by atoms with E-state index < -0.39 is 0 Å². The van der Waals surface area contributed by atoms with Gasteiger partial charge in [-0.25, -0.2) is 4.98 Å². The molecule has 1 aromatic carbocycles. The van der Waals surface area contributed by atoms with Crippen molar-refractivity contribution in [3.63, 3.8) is 0 Å². The lowest BCUT2D eigenvalue weighted by Crippen LogP contribution is -2.10. The molecule has 0 aliphatic rings. The fourth-order valence-electron chi connectivity index (χ4n) is 1.88. The third-order valence-electron chi connectivity index (χ3n) is 2.79. The van der Waals surface area contributed by atoms with Crippen molar-refractivity contribution in [3.8, 4) is 0 Å². The summed E-state index contributed by atoms with van der Waals surface area (Å²) >= 11 is 1.62. The molecule has 3 N–H and O–H groups in total. The van der Waals surface area contributed by atoms with E-state index in [1.54, 1.807) is 11.3 Å². The van der Waals surface area contributed by atoms with E-state index >= 15 is 0 Å². The summed E-state index contributed by atoms with van der Waals surface area (Å²) in [4.78, 5) is 4.51. The van der Waals surface area contributed by atoms with E-state index in [1.807, 2.05) is 42.2 Å². The van der Waals surface area contributed by atoms with Crippen molar-refractivity contribution >= 4 is 32.4 Å². The van der Waals surface area contributed by atoms with Gasteiger partial charge in [0.2, 0.25) is 0 Å². The molecule has 5 nitrogen and oxygen atoms in total. The van der Waals surface area contributed by atoms with Gasteiger partial charge in [-0.05, 0) is 30.7 Å². The number of anilines is 2. The number of nitrogens with one attached hydrogen (secondary N) is 1. The topological polar surface area (TPSA) is 68.8 Å². The molecular formula is C13H15N5S. The second kappa shape index (κ2) is 4.89. The average molecular weight is 273 g/mol. The maximum Gasteiger partial charge on any atom is 0.183 e. The Balaban J connectivity index is 1.65. The van der Waals surface area contributed by atoms with Crippen molar-refractivity contribution in [2.75, 3.05) is 17.6 Å². The van der Waals surface area contributed by atoms with Gasteiger partial charge in [0, 0.05) is 18.4 Å². The number of rotatable bonds is 4. The van der Waals surface area contributed by atoms with Gasteiger partial charge in [0.25, 0.3) is 0 Å². The van der Waals surface area contributed by atoms with Gasteiger partial charge in [0.15, 0.2) is 5.13 Å². The summed E-state index contributed by atoms with van der Waals surface area (Å²) in [7, 11) is 0. The number of nitrogens with two attached hydrogens (primary N) is 1. The van der Waals surface area contributed by atoms with Gasteiger partial charge in [-0.2, -0.15) is 5.10 Å². The summed E-state index contributed by atoms with van der Waals surface area (Å²) in [6.07, 6.45) is 3.89. The van der Waals surface area contributed by atoms with Gasteiger partial charge in [0.05, 0.1) is 23.0 Å². The van der Waals surface area contributed by atoms with Gasteiger partial charge >= 0.3 is 0 Å². The molecule has 3 aromatic rings. The Labute approximate surface area is 115 Å². The molecule has 98 valence electrons. The fraction of sp³-hybridized carbons (Fsp3) is 0.231. The Morgan fingerprint density at radius 3 is 3.11 bits per heavy atom. The SMILES string of the molecule is Cc1cnn(CCNc2nc3ccc(N)cc3s2)c1. The molecule has 0 aliphatic heterocycles. The van der Waals surface area contributed by atoms with Crippen molar-refractivity contribution in [2.24, 2.45) is 0 Å². The minimum atomic E-state index is 0.773. The largest absolute Gasteiger partial charge is 0.399 e. The minimum absolute atomic E-state index is 0.773. The molecule has 0 saturated carbocycles. The molecule has 0 fully saturated rings. The van der Waals surface area contributed by atoms with Crippen molar-refractivity contribution in [3.05, 3.63) is 36.2 Å². The Kier molecular flexibility index (Phi) is 3.08. The van der Waals surface area contributed by atoms with Crippen LogP contribution in [0.5, 0.6) is 0 Å². The number of benzene rings is 1. The van der Waals surface area contributed by atoms with Gasteiger partial charge in [-0.1, -0.05) is 11.3 Å². The average Bonchev–Trinajstić information content (AvgIpc) is 2.95. The first-order valence-electron chi connectivity index (χ1n) is 6.10. The van der Waals surface area contributed by atoms with E-state index in [4.69, 9.17) is 5.73 Å². The monoisotopic (exact) mass is 273 g/mol. The summed E-state index contributed by atoms with van der Waals surface area (Å²) in [5.41, 5.74) is 8.69. The summed E-state index contributed by atoms with van der Waals surface area (Å²) in [5, 5.41) is 8.48. The first-order valence-corrected chi connectivity index (χ1v) is 6.91. The summed E-state index contributed by atoms with van der Waals surface area (Å²) in [5.74, 6) is 0. The molecule has 2 heterocycles. The maximum absolute atomic E-state index is 5.76. The molecule has 3 rings (SSSR count). The number of aromatic nitrogens is 3. The van der Waals surface area contributed by atoms with E-state index in [0.29, 0.717) is 0 Å². The van der Waals surface area contributed by atoms with Gasteiger partial charge in [-0.15, -0.1) is 0 Å². The van der Waals surface area contributed by atoms with Crippen LogP contribution >= 0.6 is 11.3 Å². The summed E-state index contributed by atoms with van der Waals surface area (Å²) < 4.78 is 3.03. The Hall–Kier alpha value is -2.08. The third-order valence-corrected chi connectivity index (χ3v) is 3.77. The van der Waals surface area contributed by atoms with E-state index in [9.17, 15) is 0 Å². The number of thiazole rings is 1. The van der Waals surface area contributed by atoms with E-state index in [1.165, 1.54) is 5.56 Å². The number of hydrogen-bond acceptors (Lipinski definition) is 5. The molecular weight excluding hydrogens is 258 g/mol. The number of aryl methyl sites for hydroxylation is 1. The first-order chi connectivity index (χ1) is 9.20. The molecule has 6 heteroatoms. The lowest BCUT2D eigenvalue weighted by molar-refractivity contribution is 0.637. The highest BCUT2D eigenvalue weighted by molar-refractivity contribution is 7.22. The predicted octanol–water partition coefficient (Wildman–Crippen LogP) is 2.50. The van der Waals surface area contributed by atoms with Crippen LogP contribution in [0.1, 0.15) is 5.56 Å². The van der Waals surface area contributed by atoms with Crippen LogP contribution in [0.3, 0.4) is 0 Å². The molecule has 0 unspecified atom stereocenters. The van der Waals surface area contributed by atoms with Crippen LogP contribution in [0.15, 0.2) is 30.6 Å². The molecule has 2 aromatic heterocycles. The van der Waals surface area contributed by atoms with E-state index in [-0.39, 0.29) is 0 Å². The lowest BCUT2D eigenvalue weighted by Gasteiger charge is -2.02. The van der Waals surface area contributed by atoms with Crippen LogP contribution in [-0.2, 0) is 6.54 Å². The summed E-state index contributed by atoms with van der Waals surface area (Å²) in [6, 6.07) is 5.77. The van der Waals surface area contributed by atoms with Crippen LogP contribution in [0.4, 0.5) is 10.8 Å². The summed E-state index contributed by atoms with van der Waals surface area (Å²) in [6.45, 7) is 3.66. The standard InChI is InChI=1S/C13H15N5S/c1-9-7-16-18(8-9)5-4-15-13-17-11-3-2-10(14)6-12(11)19-13/h2-3,6-8H,4-5,14H2,1H3,(H,15,17). The van der Waals surface area contributed by atoms with Gasteiger partial charge in [-0.3, -0.25) is 4.68 Å². The Bertz CT molecular complexity index is 700. The van der Waals surface area contributed by atoms with Crippen LogP contribution in [0.25, 0.3) is 10.2 Å². The molecule has 0 saturated heterocycles. The quantitative estimate of drug-likeness (QED) is 0.717. The zero-order valence-electron chi connectivity index (χ0n) is 10.6. The normalized spacial score (nSPS) is 11.0. The smallest absolute Gasteiger partial charge is 0.183 e. The molecule has 0 aliphatic carbocycles. The van der Waals surface area contributed by atoms with E-state index in [0.717, 1.165) is 34.1 Å². The predicted molar refractivity (Wildman–Crippen MR) is 79.5 cm³/mol. The van der Waals surface area contributed by atoms with Crippen molar-refractivity contribution in [1.82, 2.24) is 14.8 Å². The number of nitrogen functional groups attached to an aromatic ring is 1. The molecule has 19 heavy (non-hydrogen) atoms. The molecule has 0 radical (unpaired) electrons. The molecule has 0 spiro atoms. The van der Waals surface area contributed by atoms with Crippen LogP contribution in [0, 0.1) is 6.92 Å². The fourth-order valence-corrected chi connectivity index (χ4v) is 2.82. The number of hydrogen-bond donors (Lipinski definition) is 2. The second-order valence-electron chi connectivity index (χ2n) is 4.45. The highest BCUT2D eigenvalue weighted by Gasteiger charge is 2.03. The second-order valence-corrected chi connectivity index (χ2v) is 5.48. The molecule has 0 atom stereocenters. The maximum atomic E-state index is 5.76. The van der Waals surface area contributed by atoms with Crippen molar-refractivity contribution in [1.29, 1.82) is 0 Å². The first kappa shape index (κ1) is 12.0. The zero-order chi connectivity index (χ0) is 13.2. The van der Waals surface area contributed by atoms with Crippen LogP contribution in [0.2, 0.25) is 0 Å². The van der Waals surface area contributed by atoms with Gasteiger partial charge < -0.3 is 11.1 Å². The minimum Gasteiger partial charge on any atom is -0.399 e. The Morgan fingerprint density at radius 2 is 2.32 bits per heavy atom. The van der Waals surface area contributed by atoms with Gasteiger partial charge in [0.1, 0.15) is 0 Å². The highest BCUT2D eigenvalue weighted by Crippen LogP contribution is 2.27. The molecule has 0 amide bonds. The number of fused-ring (bicyclic) bond motifs is 1. The Morgan fingerprint density at radius 1 is 1.42 bits per heavy atom. The van der Waals surface area contributed by atoms with Crippen molar-refractivity contribution < 1.29 is 0 Å². The van der Waals surface area contributed by atoms with Crippen LogP contribution in [-0.4, -0.2) is 21.3 Å². The number of nitrogens with zero attached hydrogens (tertiary/aromatic N) is 3. The zero-order valence-corrected chi connectivity index (χ0v) is 11.4. The highest BCUT2D eigenvalue weighted by atomic mass is 32.1. The lowest BCUT2D eigenvalue weighted by atomic mass is 10.3. The van der Waals surface area contributed by atoms with Crippen molar-refractivity contribution in [2.45, 2.75) is 13.5 Å². The third kappa shape index (κ3) is 2.68. The van der Waals surface area contributed by atoms with E-state index in [2.05, 4.69) is 15.4 Å². The molecule has 0 bridgehead atoms.